The molecule has 2 atom stereocenters. The highest BCUT2D eigenvalue weighted by atomic mass is 127. The minimum Gasteiger partial charge on any atom is -0.352 e. The van der Waals surface area contributed by atoms with Crippen LogP contribution in [0.4, 0.5) is 5.69 Å². The van der Waals surface area contributed by atoms with Crippen LogP contribution in [0, 0.1) is 3.57 Å². The molecule has 0 spiro atoms. The SMILES string of the molecule is CC[C@H](C(=O)N[C@@H](C)CC)N(Cc1ccc(Cl)cc1Cl)C(=O)CN(c1ccc(I)cc1)S(C)(=O)=O. The average molecular weight is 654 g/mol. The van der Waals surface area contributed by atoms with Crippen LogP contribution >= 0.6 is 45.8 Å². The summed E-state index contributed by atoms with van der Waals surface area (Å²) in [7, 11) is -3.78. The molecular weight excluding hydrogens is 624 g/mol. The second-order valence-electron chi connectivity index (χ2n) is 8.25. The van der Waals surface area contributed by atoms with Gasteiger partial charge >= 0.3 is 0 Å². The zero-order valence-corrected chi connectivity index (χ0v) is 24.6. The highest BCUT2D eigenvalue weighted by molar-refractivity contribution is 14.1. The molecule has 0 saturated carbocycles. The second-order valence-corrected chi connectivity index (χ2v) is 12.2. The molecule has 7 nitrogen and oxygen atoms in total. The zero-order chi connectivity index (χ0) is 26.3. The Labute approximate surface area is 231 Å². The van der Waals surface area contributed by atoms with Crippen molar-refractivity contribution in [3.05, 3.63) is 61.6 Å². The van der Waals surface area contributed by atoms with Gasteiger partial charge in [0.25, 0.3) is 0 Å². The van der Waals surface area contributed by atoms with Crippen LogP contribution < -0.4 is 9.62 Å². The summed E-state index contributed by atoms with van der Waals surface area (Å²) in [6, 6.07) is 10.8. The third-order valence-corrected chi connectivity index (χ3v) is 7.98. The number of amides is 2. The first-order chi connectivity index (χ1) is 16.4. The van der Waals surface area contributed by atoms with E-state index in [-0.39, 0.29) is 18.5 Å². The topological polar surface area (TPSA) is 86.8 Å². The summed E-state index contributed by atoms with van der Waals surface area (Å²) < 4.78 is 27.2. The van der Waals surface area contributed by atoms with E-state index in [0.29, 0.717) is 27.7 Å². The summed E-state index contributed by atoms with van der Waals surface area (Å²) in [5.74, 6) is -0.827. The lowest BCUT2D eigenvalue weighted by Crippen LogP contribution is -2.53. The molecule has 11 heteroatoms. The fourth-order valence-electron chi connectivity index (χ4n) is 3.42. The number of hydrogen-bond acceptors (Lipinski definition) is 4. The molecular formula is C24H30Cl2IN3O4S. The van der Waals surface area contributed by atoms with Gasteiger partial charge in [-0.25, -0.2) is 8.42 Å². The Morgan fingerprint density at radius 1 is 1.06 bits per heavy atom. The van der Waals surface area contributed by atoms with Crippen molar-refractivity contribution in [2.45, 2.75) is 52.2 Å². The molecule has 2 aromatic carbocycles. The summed E-state index contributed by atoms with van der Waals surface area (Å²) in [4.78, 5) is 28.2. The van der Waals surface area contributed by atoms with Crippen molar-refractivity contribution in [3.8, 4) is 0 Å². The maximum atomic E-state index is 13.7. The van der Waals surface area contributed by atoms with Gasteiger partial charge in [0, 0.05) is 26.2 Å². The summed E-state index contributed by atoms with van der Waals surface area (Å²) >= 11 is 14.5. The van der Waals surface area contributed by atoms with Crippen LogP contribution in [-0.4, -0.2) is 50.0 Å². The quantitative estimate of drug-likeness (QED) is 0.343. The van der Waals surface area contributed by atoms with E-state index in [4.69, 9.17) is 23.2 Å². The van der Waals surface area contributed by atoms with E-state index in [0.717, 1.165) is 20.6 Å². The van der Waals surface area contributed by atoms with E-state index in [1.54, 1.807) is 49.4 Å². The van der Waals surface area contributed by atoms with Gasteiger partial charge in [-0.2, -0.15) is 0 Å². The molecule has 0 aliphatic heterocycles. The zero-order valence-electron chi connectivity index (χ0n) is 20.1. The molecule has 0 aliphatic rings. The monoisotopic (exact) mass is 653 g/mol. The summed E-state index contributed by atoms with van der Waals surface area (Å²) in [5.41, 5.74) is 0.960. The number of carbonyl (C=O) groups is 2. The summed E-state index contributed by atoms with van der Waals surface area (Å²) in [5, 5.41) is 3.72. The maximum Gasteiger partial charge on any atom is 0.244 e. The van der Waals surface area contributed by atoms with Crippen molar-refractivity contribution in [1.82, 2.24) is 10.2 Å². The Morgan fingerprint density at radius 3 is 2.20 bits per heavy atom. The van der Waals surface area contributed by atoms with Crippen molar-refractivity contribution >= 4 is 73.3 Å². The van der Waals surface area contributed by atoms with Gasteiger partial charge in [0.1, 0.15) is 12.6 Å². The van der Waals surface area contributed by atoms with E-state index >= 15 is 0 Å². The maximum absolute atomic E-state index is 13.7. The van der Waals surface area contributed by atoms with Crippen LogP contribution in [0.2, 0.25) is 10.0 Å². The first-order valence-electron chi connectivity index (χ1n) is 11.1. The normalized spacial score (nSPS) is 13.1. The van der Waals surface area contributed by atoms with Crippen LogP contribution in [0.25, 0.3) is 0 Å². The Bertz CT molecular complexity index is 1150. The van der Waals surface area contributed by atoms with Crippen LogP contribution in [0.5, 0.6) is 0 Å². The third kappa shape index (κ3) is 8.51. The smallest absolute Gasteiger partial charge is 0.244 e. The molecule has 35 heavy (non-hydrogen) atoms. The van der Waals surface area contributed by atoms with Crippen molar-refractivity contribution in [2.75, 3.05) is 17.1 Å². The van der Waals surface area contributed by atoms with Crippen molar-refractivity contribution in [2.24, 2.45) is 0 Å². The first kappa shape index (κ1) is 29.7. The lowest BCUT2D eigenvalue weighted by atomic mass is 10.1. The van der Waals surface area contributed by atoms with Gasteiger partial charge in [-0.1, -0.05) is 43.1 Å². The average Bonchev–Trinajstić information content (AvgIpc) is 2.78. The van der Waals surface area contributed by atoms with Gasteiger partial charge in [0.15, 0.2) is 0 Å². The van der Waals surface area contributed by atoms with Crippen LogP contribution in [0.15, 0.2) is 42.5 Å². The van der Waals surface area contributed by atoms with Crippen molar-refractivity contribution < 1.29 is 18.0 Å². The van der Waals surface area contributed by atoms with Gasteiger partial charge < -0.3 is 10.2 Å². The predicted octanol–water partition coefficient (Wildman–Crippen LogP) is 5.09. The molecule has 0 aliphatic carbocycles. The summed E-state index contributed by atoms with van der Waals surface area (Å²) in [6.07, 6.45) is 2.11. The fraction of sp³-hybridized carbons (Fsp3) is 0.417. The fourth-order valence-corrected chi connectivity index (χ4v) is 5.09. The van der Waals surface area contributed by atoms with Gasteiger partial charge in [-0.3, -0.25) is 13.9 Å². The van der Waals surface area contributed by atoms with Crippen LogP contribution in [-0.2, 0) is 26.2 Å². The van der Waals surface area contributed by atoms with Gasteiger partial charge in [0.2, 0.25) is 21.8 Å². The third-order valence-electron chi connectivity index (χ3n) is 5.54. The molecule has 0 radical (unpaired) electrons. The molecule has 0 unspecified atom stereocenters. The number of nitrogens with one attached hydrogen (secondary N) is 1. The number of rotatable bonds is 11. The largest absolute Gasteiger partial charge is 0.352 e. The molecule has 2 rings (SSSR count). The van der Waals surface area contributed by atoms with Crippen molar-refractivity contribution in [1.29, 1.82) is 0 Å². The lowest BCUT2D eigenvalue weighted by molar-refractivity contribution is -0.140. The Hall–Kier alpha value is -1.56. The van der Waals surface area contributed by atoms with Gasteiger partial charge in [-0.15, -0.1) is 0 Å². The molecule has 192 valence electrons. The summed E-state index contributed by atoms with van der Waals surface area (Å²) in [6.45, 7) is 5.20. The van der Waals surface area contributed by atoms with E-state index in [9.17, 15) is 18.0 Å². The Balaban J connectivity index is 2.46. The van der Waals surface area contributed by atoms with E-state index in [2.05, 4.69) is 27.9 Å². The van der Waals surface area contributed by atoms with Crippen LogP contribution in [0.3, 0.4) is 0 Å². The number of nitrogens with zero attached hydrogens (tertiary/aromatic N) is 2. The number of anilines is 1. The second kappa shape index (κ2) is 13.1. The number of hydrogen-bond donors (Lipinski definition) is 1. The molecule has 0 saturated heterocycles. The Morgan fingerprint density at radius 2 is 1.69 bits per heavy atom. The minimum atomic E-state index is -3.78. The number of benzene rings is 2. The number of sulfonamides is 1. The first-order valence-corrected chi connectivity index (χ1v) is 14.8. The van der Waals surface area contributed by atoms with Crippen LogP contribution in [0.1, 0.15) is 39.2 Å². The van der Waals surface area contributed by atoms with Gasteiger partial charge in [-0.05, 0) is 84.3 Å². The lowest BCUT2D eigenvalue weighted by Gasteiger charge is -2.33. The van der Waals surface area contributed by atoms with E-state index in [1.165, 1.54) is 4.90 Å². The molecule has 0 bridgehead atoms. The predicted molar refractivity (Wildman–Crippen MR) is 150 cm³/mol. The standard InChI is InChI=1S/C24H30Cl2IN3O4S/c1-5-16(3)28-24(32)22(6-2)29(14-17-7-8-18(25)13-21(17)26)23(31)15-30(35(4,33)34)20-11-9-19(27)10-12-20/h7-13,16,22H,5-6,14-15H2,1-4H3,(H,28,32)/t16-,22+/m0/s1. The number of carbonyl (C=O) groups excluding carboxylic acids is 2. The van der Waals surface area contributed by atoms with Crippen molar-refractivity contribution in [3.63, 3.8) is 0 Å². The molecule has 0 fully saturated rings. The molecule has 0 heterocycles. The van der Waals surface area contributed by atoms with Gasteiger partial charge in [0.05, 0.1) is 11.9 Å². The molecule has 2 amide bonds. The van der Waals surface area contributed by atoms with E-state index < -0.39 is 28.5 Å². The molecule has 1 N–H and O–H groups in total. The van der Waals surface area contributed by atoms with E-state index in [1.807, 2.05) is 13.8 Å². The number of halogens is 3. The molecule has 2 aromatic rings. The minimum absolute atomic E-state index is 0.0194. The molecule has 0 aromatic heterocycles. The highest BCUT2D eigenvalue weighted by Gasteiger charge is 2.32. The highest BCUT2D eigenvalue weighted by Crippen LogP contribution is 2.25. The Kier molecular flexibility index (Phi) is 11.1.